The van der Waals surface area contributed by atoms with Crippen LogP contribution in [0.2, 0.25) is 0 Å². The molecule has 7 heteroatoms. The number of likely N-dealkylation sites (N-methyl/N-ethyl adjacent to an activating group) is 1. The second kappa shape index (κ2) is 13.3. The molecule has 1 amide bonds. The first-order valence-corrected chi connectivity index (χ1v) is 14.1. The number of aromatic nitrogens is 2. The van der Waals surface area contributed by atoms with E-state index in [1.165, 1.54) is 0 Å². The number of amides is 1. The standard InChI is InChI=1S/C35H37N3O4/c1-25-11-8-9-14-28(25)29(22-34(39)37(2)20-18-26-16-17-31(40-3)33(21-26)41-4)30-23-36-35-32(15-10-19-38(30)35)42-24-27-12-6-5-7-13-27/h5-17,19,21,23,29H,18,20,22,24H2,1-4H3. The van der Waals surface area contributed by atoms with Crippen molar-refractivity contribution in [1.82, 2.24) is 14.3 Å². The van der Waals surface area contributed by atoms with Crippen molar-refractivity contribution in [3.8, 4) is 17.2 Å². The molecule has 2 heterocycles. The van der Waals surface area contributed by atoms with E-state index in [4.69, 9.17) is 19.2 Å². The van der Waals surface area contributed by atoms with E-state index in [1.54, 1.807) is 19.1 Å². The van der Waals surface area contributed by atoms with Gasteiger partial charge in [-0.2, -0.15) is 0 Å². The maximum absolute atomic E-state index is 13.7. The number of nitrogens with zero attached hydrogens (tertiary/aromatic N) is 3. The monoisotopic (exact) mass is 563 g/mol. The van der Waals surface area contributed by atoms with E-state index < -0.39 is 0 Å². The lowest BCUT2D eigenvalue weighted by atomic mass is 9.89. The van der Waals surface area contributed by atoms with Gasteiger partial charge in [-0.25, -0.2) is 4.98 Å². The predicted octanol–water partition coefficient (Wildman–Crippen LogP) is 6.46. The lowest BCUT2D eigenvalue weighted by molar-refractivity contribution is -0.130. The molecule has 1 unspecified atom stereocenters. The molecule has 1 atom stereocenters. The van der Waals surface area contributed by atoms with Crippen LogP contribution in [0.4, 0.5) is 0 Å². The minimum Gasteiger partial charge on any atom is -0.493 e. The summed E-state index contributed by atoms with van der Waals surface area (Å²) in [6.45, 7) is 3.12. The Morgan fingerprint density at radius 2 is 1.64 bits per heavy atom. The van der Waals surface area contributed by atoms with E-state index in [1.807, 2.05) is 96.6 Å². The van der Waals surface area contributed by atoms with Gasteiger partial charge in [0.25, 0.3) is 0 Å². The van der Waals surface area contributed by atoms with E-state index in [2.05, 4.69) is 19.1 Å². The molecule has 0 radical (unpaired) electrons. The second-order valence-electron chi connectivity index (χ2n) is 10.4. The normalized spacial score (nSPS) is 11.7. The van der Waals surface area contributed by atoms with Gasteiger partial charge in [0.15, 0.2) is 22.9 Å². The zero-order chi connectivity index (χ0) is 29.5. The molecule has 7 nitrogen and oxygen atoms in total. The maximum atomic E-state index is 13.7. The number of fused-ring (bicyclic) bond motifs is 1. The largest absolute Gasteiger partial charge is 0.493 e. The minimum absolute atomic E-state index is 0.0650. The molecule has 3 aromatic carbocycles. The van der Waals surface area contributed by atoms with Gasteiger partial charge in [0, 0.05) is 38.3 Å². The Hall–Kier alpha value is -4.78. The van der Waals surface area contributed by atoms with Crippen LogP contribution in [-0.4, -0.2) is 48.0 Å². The Bertz CT molecular complexity index is 1650. The highest BCUT2D eigenvalue weighted by atomic mass is 16.5. The smallest absolute Gasteiger partial charge is 0.223 e. The summed E-state index contributed by atoms with van der Waals surface area (Å²) in [6, 6.07) is 28.1. The summed E-state index contributed by atoms with van der Waals surface area (Å²) in [7, 11) is 5.11. The molecule has 5 rings (SSSR count). The lowest BCUT2D eigenvalue weighted by Gasteiger charge is -2.23. The lowest BCUT2D eigenvalue weighted by Crippen LogP contribution is -2.30. The molecule has 0 bridgehead atoms. The number of aryl methyl sites for hydroxylation is 1. The average Bonchev–Trinajstić information content (AvgIpc) is 3.46. The van der Waals surface area contributed by atoms with Gasteiger partial charge in [0.05, 0.1) is 19.9 Å². The van der Waals surface area contributed by atoms with Gasteiger partial charge in [0.2, 0.25) is 5.91 Å². The van der Waals surface area contributed by atoms with Crippen LogP contribution >= 0.6 is 0 Å². The first-order chi connectivity index (χ1) is 20.5. The van der Waals surface area contributed by atoms with Crippen LogP contribution in [0.3, 0.4) is 0 Å². The van der Waals surface area contributed by atoms with Crippen molar-refractivity contribution in [2.45, 2.75) is 32.3 Å². The Labute approximate surface area is 247 Å². The molecule has 5 aromatic rings. The Kier molecular flexibility index (Phi) is 9.07. The summed E-state index contributed by atoms with van der Waals surface area (Å²) >= 11 is 0. The van der Waals surface area contributed by atoms with Crippen molar-refractivity contribution in [3.63, 3.8) is 0 Å². The van der Waals surface area contributed by atoms with Gasteiger partial charge in [-0.05, 0) is 59.9 Å². The number of pyridine rings is 1. The molecule has 0 aliphatic rings. The Morgan fingerprint density at radius 3 is 2.40 bits per heavy atom. The summed E-state index contributed by atoms with van der Waals surface area (Å²) < 4.78 is 19.0. The van der Waals surface area contributed by atoms with E-state index in [0.29, 0.717) is 43.2 Å². The van der Waals surface area contributed by atoms with Gasteiger partial charge in [0.1, 0.15) is 6.61 Å². The van der Waals surface area contributed by atoms with E-state index >= 15 is 0 Å². The number of benzene rings is 3. The van der Waals surface area contributed by atoms with Crippen molar-refractivity contribution in [3.05, 3.63) is 125 Å². The van der Waals surface area contributed by atoms with Gasteiger partial charge in [-0.15, -0.1) is 0 Å². The highest BCUT2D eigenvalue weighted by Gasteiger charge is 2.25. The van der Waals surface area contributed by atoms with Crippen LogP contribution in [0.5, 0.6) is 17.2 Å². The van der Waals surface area contributed by atoms with Crippen LogP contribution < -0.4 is 14.2 Å². The fourth-order valence-electron chi connectivity index (χ4n) is 5.25. The summed E-state index contributed by atoms with van der Waals surface area (Å²) in [4.78, 5) is 20.2. The maximum Gasteiger partial charge on any atom is 0.223 e. The van der Waals surface area contributed by atoms with Crippen LogP contribution in [0.15, 0.2) is 97.3 Å². The molecule has 0 N–H and O–H groups in total. The van der Waals surface area contributed by atoms with Crippen LogP contribution in [-0.2, 0) is 17.8 Å². The molecule has 0 spiro atoms. The molecule has 42 heavy (non-hydrogen) atoms. The third-order valence-electron chi connectivity index (χ3n) is 7.67. The average molecular weight is 564 g/mol. The summed E-state index contributed by atoms with van der Waals surface area (Å²) in [5.41, 5.74) is 6.09. The molecular weight excluding hydrogens is 526 g/mol. The summed E-state index contributed by atoms with van der Waals surface area (Å²) in [5, 5.41) is 0. The molecule has 0 saturated carbocycles. The third-order valence-corrected chi connectivity index (χ3v) is 7.67. The van der Waals surface area contributed by atoms with Crippen molar-refractivity contribution >= 4 is 11.6 Å². The number of imidazole rings is 1. The quantitative estimate of drug-likeness (QED) is 0.174. The predicted molar refractivity (Wildman–Crippen MR) is 164 cm³/mol. The molecule has 0 aliphatic heterocycles. The highest BCUT2D eigenvalue weighted by Crippen LogP contribution is 2.33. The molecule has 216 valence electrons. The molecule has 2 aromatic heterocycles. The number of methoxy groups -OCH3 is 2. The number of ether oxygens (including phenoxy) is 3. The topological polar surface area (TPSA) is 65.3 Å². The van der Waals surface area contributed by atoms with E-state index in [9.17, 15) is 4.79 Å². The van der Waals surface area contributed by atoms with Crippen molar-refractivity contribution in [2.75, 3.05) is 27.8 Å². The number of carbonyl (C=O) groups excluding carboxylic acids is 1. The molecule has 0 fully saturated rings. The van der Waals surface area contributed by atoms with Crippen molar-refractivity contribution < 1.29 is 19.0 Å². The molecule has 0 aliphatic carbocycles. The van der Waals surface area contributed by atoms with E-state index in [-0.39, 0.29) is 11.8 Å². The number of hydrogen-bond acceptors (Lipinski definition) is 5. The Morgan fingerprint density at radius 1 is 0.881 bits per heavy atom. The van der Waals surface area contributed by atoms with Gasteiger partial charge < -0.3 is 23.5 Å². The van der Waals surface area contributed by atoms with Crippen LogP contribution in [0, 0.1) is 6.92 Å². The van der Waals surface area contributed by atoms with Crippen molar-refractivity contribution in [2.24, 2.45) is 0 Å². The van der Waals surface area contributed by atoms with Gasteiger partial charge >= 0.3 is 0 Å². The first-order valence-electron chi connectivity index (χ1n) is 14.1. The SMILES string of the molecule is COc1ccc(CCN(C)C(=O)CC(c2ccccc2C)c2cnc3c(OCc4ccccc4)cccn23)cc1OC. The van der Waals surface area contributed by atoms with Gasteiger partial charge in [-0.3, -0.25) is 4.79 Å². The van der Waals surface area contributed by atoms with Gasteiger partial charge in [-0.1, -0.05) is 60.7 Å². The number of carbonyl (C=O) groups is 1. The fourth-order valence-corrected chi connectivity index (χ4v) is 5.25. The second-order valence-corrected chi connectivity index (χ2v) is 10.4. The fraction of sp³-hybridized carbons (Fsp3) is 0.257. The van der Waals surface area contributed by atoms with Crippen LogP contribution in [0.25, 0.3) is 5.65 Å². The Balaban J connectivity index is 1.37. The number of hydrogen-bond donors (Lipinski definition) is 0. The minimum atomic E-state index is -0.179. The van der Waals surface area contributed by atoms with E-state index in [0.717, 1.165) is 33.6 Å². The zero-order valence-electron chi connectivity index (χ0n) is 24.6. The number of rotatable bonds is 12. The summed E-state index contributed by atoms with van der Waals surface area (Å²) in [5.74, 6) is 1.96. The van der Waals surface area contributed by atoms with Crippen LogP contribution in [0.1, 0.15) is 40.3 Å². The third kappa shape index (κ3) is 6.41. The summed E-state index contributed by atoms with van der Waals surface area (Å²) in [6.07, 6.45) is 4.88. The zero-order valence-corrected chi connectivity index (χ0v) is 24.6. The first kappa shape index (κ1) is 28.7. The highest BCUT2D eigenvalue weighted by molar-refractivity contribution is 5.77. The van der Waals surface area contributed by atoms with Crippen molar-refractivity contribution in [1.29, 1.82) is 0 Å². The molecular formula is C35H37N3O4. The molecule has 0 saturated heterocycles.